The smallest absolute Gasteiger partial charge is 0.306 e. The maximum absolute atomic E-state index is 12.8. The van der Waals surface area contributed by atoms with Crippen LogP contribution in [0.2, 0.25) is 0 Å². The number of esters is 2. The van der Waals surface area contributed by atoms with Crippen molar-refractivity contribution < 1.29 is 42.1 Å². The van der Waals surface area contributed by atoms with E-state index in [1.165, 1.54) is 38.5 Å². The first-order valence-electron chi connectivity index (χ1n) is 30.2. The van der Waals surface area contributed by atoms with Crippen molar-refractivity contribution in [2.24, 2.45) is 0 Å². The minimum atomic E-state index is -4.65. The van der Waals surface area contributed by atoms with E-state index in [9.17, 15) is 19.0 Å². The molecule has 0 saturated heterocycles. The Kier molecular flexibility index (Phi) is 54.1. The third kappa shape index (κ3) is 60.9. The second-order valence-corrected chi connectivity index (χ2v) is 22.0. The molecule has 0 amide bonds. The maximum Gasteiger partial charge on any atom is 0.306 e. The molecule has 2 unspecified atom stereocenters. The van der Waals surface area contributed by atoms with Gasteiger partial charge < -0.3 is 27.9 Å². The second kappa shape index (κ2) is 57.3. The molecule has 0 aromatic carbocycles. The van der Waals surface area contributed by atoms with Crippen LogP contribution in [0.1, 0.15) is 206 Å². The SMILES string of the molecule is CC/C=C\C/C=C\C/C=C\C/C=C\C/C=C\C/C=C\C/C=C\C/C=C\C/C=C\C/C=C\CCCCCCCCCCCCC(=O)OC(COC(=O)CCCCC/C=C\C/C=C\C/C=C\CC)COP(=O)([O-])OCC[N+](C)(C)C. The van der Waals surface area contributed by atoms with Crippen LogP contribution in [0.5, 0.6) is 0 Å². The number of likely N-dealkylation sites (N-methyl/N-ethyl adjacent to an activating group) is 1. The third-order valence-electron chi connectivity index (χ3n) is 12.0. The van der Waals surface area contributed by atoms with Crippen LogP contribution >= 0.6 is 7.82 Å². The molecule has 2 atom stereocenters. The lowest BCUT2D eigenvalue weighted by Crippen LogP contribution is -2.37. The summed E-state index contributed by atoms with van der Waals surface area (Å²) in [4.78, 5) is 37.8. The first kappa shape index (κ1) is 73.6. The first-order valence-corrected chi connectivity index (χ1v) is 31.7. The Morgan fingerprint density at radius 1 is 0.397 bits per heavy atom. The molecule has 440 valence electrons. The molecule has 0 radical (unpaired) electrons. The Hall–Kier alpha value is -4.37. The van der Waals surface area contributed by atoms with E-state index >= 15 is 0 Å². The van der Waals surface area contributed by atoms with Gasteiger partial charge in [0.25, 0.3) is 7.82 Å². The Bertz CT molecular complexity index is 1870. The highest BCUT2D eigenvalue weighted by Gasteiger charge is 2.21. The van der Waals surface area contributed by atoms with E-state index in [1.807, 2.05) is 21.1 Å². The summed E-state index contributed by atoms with van der Waals surface area (Å²) in [6.07, 6.45) is 86.0. The number of allylic oxidation sites excluding steroid dienone is 26. The largest absolute Gasteiger partial charge is 0.756 e. The summed E-state index contributed by atoms with van der Waals surface area (Å²) in [6, 6.07) is 0. The van der Waals surface area contributed by atoms with Crippen molar-refractivity contribution in [2.75, 3.05) is 47.5 Å². The zero-order chi connectivity index (χ0) is 57.0. The van der Waals surface area contributed by atoms with Gasteiger partial charge in [-0.15, -0.1) is 0 Å². The van der Waals surface area contributed by atoms with Crippen molar-refractivity contribution in [3.8, 4) is 0 Å². The van der Waals surface area contributed by atoms with Crippen molar-refractivity contribution in [3.05, 3.63) is 158 Å². The number of nitrogens with zero attached hydrogens (tertiary/aromatic N) is 1. The van der Waals surface area contributed by atoms with Crippen molar-refractivity contribution in [3.63, 3.8) is 0 Å². The predicted octanol–water partition coefficient (Wildman–Crippen LogP) is 18.6. The highest BCUT2D eigenvalue weighted by molar-refractivity contribution is 7.45. The van der Waals surface area contributed by atoms with Gasteiger partial charge in [0.15, 0.2) is 6.10 Å². The number of phosphoric ester groups is 1. The number of rotatable bonds is 53. The number of carbonyl (C=O) groups excluding carboxylic acids is 2. The number of phosphoric acid groups is 1. The van der Waals surface area contributed by atoms with Gasteiger partial charge in [-0.3, -0.25) is 14.2 Å². The predicted molar refractivity (Wildman–Crippen MR) is 332 cm³/mol. The average molecular weight is 1100 g/mol. The zero-order valence-corrected chi connectivity index (χ0v) is 50.7. The van der Waals surface area contributed by atoms with Crippen molar-refractivity contribution in [1.29, 1.82) is 0 Å². The quantitative estimate of drug-likeness (QED) is 0.0195. The lowest BCUT2D eigenvalue weighted by molar-refractivity contribution is -0.870. The molecule has 0 aromatic heterocycles. The maximum atomic E-state index is 12.8. The lowest BCUT2D eigenvalue weighted by Gasteiger charge is -2.28. The molecular weight excluding hydrogens is 990 g/mol. The molecule has 9 nitrogen and oxygen atoms in total. The fourth-order valence-corrected chi connectivity index (χ4v) is 8.19. The van der Waals surface area contributed by atoms with Crippen LogP contribution in [0, 0.1) is 0 Å². The average Bonchev–Trinajstić information content (AvgIpc) is 3.40. The molecule has 0 N–H and O–H groups in total. The topological polar surface area (TPSA) is 111 Å². The molecule has 0 saturated carbocycles. The molecule has 0 bridgehead atoms. The van der Waals surface area contributed by atoms with Crippen LogP contribution in [-0.4, -0.2) is 70.0 Å². The summed E-state index contributed by atoms with van der Waals surface area (Å²) < 4.78 is 34.0. The number of quaternary nitrogens is 1. The first-order chi connectivity index (χ1) is 38.0. The summed E-state index contributed by atoms with van der Waals surface area (Å²) >= 11 is 0. The summed E-state index contributed by atoms with van der Waals surface area (Å²) in [5, 5.41) is 0. The van der Waals surface area contributed by atoms with Gasteiger partial charge in [-0.25, -0.2) is 0 Å². The van der Waals surface area contributed by atoms with Gasteiger partial charge in [-0.2, -0.15) is 0 Å². The third-order valence-corrected chi connectivity index (χ3v) is 13.0. The Balaban J connectivity index is 4.09. The number of ether oxygens (including phenoxy) is 2. The normalized spacial score (nSPS) is 14.4. The van der Waals surface area contributed by atoms with Gasteiger partial charge in [0.1, 0.15) is 19.8 Å². The fraction of sp³-hybridized carbons (Fsp3) is 0.588. The van der Waals surface area contributed by atoms with Crippen LogP contribution < -0.4 is 4.89 Å². The van der Waals surface area contributed by atoms with E-state index in [1.54, 1.807) is 0 Å². The van der Waals surface area contributed by atoms with E-state index in [2.05, 4.69) is 172 Å². The molecular formula is C68H110NO8P. The number of hydrogen-bond acceptors (Lipinski definition) is 8. The van der Waals surface area contributed by atoms with Gasteiger partial charge in [-0.05, 0) is 122 Å². The molecule has 78 heavy (non-hydrogen) atoms. The van der Waals surface area contributed by atoms with Gasteiger partial charge in [-0.1, -0.05) is 230 Å². The molecule has 0 aliphatic rings. The van der Waals surface area contributed by atoms with E-state index in [-0.39, 0.29) is 26.1 Å². The fourth-order valence-electron chi connectivity index (χ4n) is 7.46. The molecule has 0 aromatic rings. The molecule has 0 heterocycles. The molecule has 0 rings (SSSR count). The lowest BCUT2D eigenvalue weighted by atomic mass is 10.0. The minimum Gasteiger partial charge on any atom is -0.756 e. The number of carbonyl (C=O) groups is 2. The van der Waals surface area contributed by atoms with Gasteiger partial charge in [0.2, 0.25) is 0 Å². The number of hydrogen-bond donors (Lipinski definition) is 0. The van der Waals surface area contributed by atoms with E-state index < -0.39 is 32.5 Å². The Morgan fingerprint density at radius 2 is 0.692 bits per heavy atom. The Labute approximate surface area is 477 Å². The van der Waals surface area contributed by atoms with Crippen LogP contribution in [-0.2, 0) is 32.7 Å². The Morgan fingerprint density at radius 3 is 1.04 bits per heavy atom. The van der Waals surface area contributed by atoms with E-state index in [0.717, 1.165) is 128 Å². The van der Waals surface area contributed by atoms with Gasteiger partial charge in [0, 0.05) is 12.8 Å². The van der Waals surface area contributed by atoms with Crippen LogP contribution in [0.4, 0.5) is 0 Å². The highest BCUT2D eigenvalue weighted by atomic mass is 31.2. The minimum absolute atomic E-state index is 0.0444. The summed E-state index contributed by atoms with van der Waals surface area (Å²) in [5.41, 5.74) is 0. The molecule has 0 spiro atoms. The summed E-state index contributed by atoms with van der Waals surface area (Å²) in [6.45, 7) is 3.94. The van der Waals surface area contributed by atoms with Crippen molar-refractivity contribution >= 4 is 19.8 Å². The zero-order valence-electron chi connectivity index (χ0n) is 49.8. The summed E-state index contributed by atoms with van der Waals surface area (Å²) in [5.74, 6) is -0.885. The second-order valence-electron chi connectivity index (χ2n) is 20.6. The highest BCUT2D eigenvalue weighted by Crippen LogP contribution is 2.38. The van der Waals surface area contributed by atoms with Crippen LogP contribution in [0.15, 0.2) is 158 Å². The summed E-state index contributed by atoms with van der Waals surface area (Å²) in [7, 11) is 1.12. The van der Waals surface area contributed by atoms with E-state index in [0.29, 0.717) is 23.9 Å². The van der Waals surface area contributed by atoms with Crippen LogP contribution in [0.3, 0.4) is 0 Å². The van der Waals surface area contributed by atoms with E-state index in [4.69, 9.17) is 18.5 Å². The van der Waals surface area contributed by atoms with Gasteiger partial charge >= 0.3 is 11.9 Å². The van der Waals surface area contributed by atoms with Gasteiger partial charge in [0.05, 0.1) is 27.7 Å². The standard InChI is InChI=1S/C68H110NO8P/c1-6-8-10-12-14-16-18-20-21-22-23-24-25-26-27-28-29-30-31-32-33-34-35-36-37-38-39-40-41-42-43-44-45-46-47-49-51-53-55-57-59-61-68(71)77-66(65-76-78(72,73)75-63-62-69(3,4)5)64-74-67(70)60-58-56-54-52-50-48-19-17-15-13-11-9-7-2/h8-11,14-17,20-21,23-24,26-27,29-30,32-33,35-36,38-39,41-42,48,50,66H,6-7,12-13,18-19,22,25,28,31,34,37,40,43-47,49,51-65H2,1-5H3/b10-8-,11-9-,16-14-,17-15-,21-20-,24-23-,27-26-,30-29-,33-32-,36-35-,39-38-,42-41-,50-48-. The van der Waals surface area contributed by atoms with Crippen molar-refractivity contribution in [2.45, 2.75) is 213 Å². The molecule has 10 heteroatoms. The monoisotopic (exact) mass is 1100 g/mol. The molecule has 0 fully saturated rings. The number of unbranched alkanes of at least 4 members (excludes halogenated alkanes) is 13. The van der Waals surface area contributed by atoms with Crippen molar-refractivity contribution in [1.82, 2.24) is 0 Å². The van der Waals surface area contributed by atoms with Crippen LogP contribution in [0.25, 0.3) is 0 Å². The molecule has 0 aliphatic heterocycles. The molecule has 0 aliphatic carbocycles.